The van der Waals surface area contributed by atoms with Crippen LogP contribution in [0.25, 0.3) is 104 Å². The summed E-state index contributed by atoms with van der Waals surface area (Å²) in [6.45, 7) is 0. The van der Waals surface area contributed by atoms with Gasteiger partial charge in [0.15, 0.2) is 0 Å². The monoisotopic (exact) mass is 611 g/mol. The minimum absolute atomic E-state index is 0.643. The number of furan rings is 1. The molecular formula is C44H25N3O. The number of nitrogens with zero attached hydrogens (tertiary/aromatic N) is 3. The van der Waals surface area contributed by atoms with Crippen molar-refractivity contribution in [1.82, 2.24) is 14.5 Å². The van der Waals surface area contributed by atoms with Gasteiger partial charge in [-0.1, -0.05) is 103 Å². The zero-order chi connectivity index (χ0) is 31.3. The van der Waals surface area contributed by atoms with Crippen molar-refractivity contribution in [2.45, 2.75) is 0 Å². The molecule has 4 nitrogen and oxygen atoms in total. The highest BCUT2D eigenvalue weighted by molar-refractivity contribution is 6.19. The quantitative estimate of drug-likeness (QED) is 0.195. The summed E-state index contributed by atoms with van der Waals surface area (Å²) in [6.07, 6.45) is 0. The van der Waals surface area contributed by atoms with Gasteiger partial charge in [0.1, 0.15) is 11.2 Å². The highest BCUT2D eigenvalue weighted by Crippen LogP contribution is 2.40. The lowest BCUT2D eigenvalue weighted by molar-refractivity contribution is 0.669. The number of rotatable bonds is 2. The second kappa shape index (κ2) is 9.50. The summed E-state index contributed by atoms with van der Waals surface area (Å²) in [4.78, 5) is 10.6. The molecule has 3 heterocycles. The van der Waals surface area contributed by atoms with E-state index < -0.39 is 0 Å². The molecule has 0 saturated carbocycles. The summed E-state index contributed by atoms with van der Waals surface area (Å²) in [5, 5.41) is 12.8. The number of para-hydroxylation sites is 1. The lowest BCUT2D eigenvalue weighted by Gasteiger charge is -2.12. The highest BCUT2D eigenvalue weighted by Gasteiger charge is 2.20. The number of hydrogen-bond donors (Lipinski definition) is 0. The predicted molar refractivity (Wildman–Crippen MR) is 199 cm³/mol. The fourth-order valence-electron chi connectivity index (χ4n) is 7.68. The molecule has 0 bridgehead atoms. The van der Waals surface area contributed by atoms with Gasteiger partial charge in [-0.25, -0.2) is 9.97 Å². The maximum atomic E-state index is 6.49. The molecule has 0 radical (unpaired) electrons. The fourth-order valence-corrected chi connectivity index (χ4v) is 7.68. The molecule has 0 amide bonds. The zero-order valence-corrected chi connectivity index (χ0v) is 25.7. The van der Waals surface area contributed by atoms with Crippen molar-refractivity contribution in [2.24, 2.45) is 0 Å². The van der Waals surface area contributed by atoms with Crippen molar-refractivity contribution in [3.63, 3.8) is 0 Å². The van der Waals surface area contributed by atoms with Crippen LogP contribution in [0.5, 0.6) is 0 Å². The van der Waals surface area contributed by atoms with Crippen LogP contribution < -0.4 is 0 Å². The third kappa shape index (κ3) is 3.60. The van der Waals surface area contributed by atoms with E-state index >= 15 is 0 Å². The third-order valence-electron chi connectivity index (χ3n) is 9.93. The Morgan fingerprint density at radius 1 is 0.417 bits per heavy atom. The van der Waals surface area contributed by atoms with Gasteiger partial charge in [0.05, 0.1) is 22.2 Å². The van der Waals surface area contributed by atoms with E-state index in [0.717, 1.165) is 55.1 Å². The van der Waals surface area contributed by atoms with Crippen molar-refractivity contribution in [3.8, 4) is 17.2 Å². The Balaban J connectivity index is 1.22. The fraction of sp³-hybridized carbons (Fsp3) is 0. The van der Waals surface area contributed by atoms with Crippen LogP contribution in [0, 0.1) is 0 Å². The summed E-state index contributed by atoms with van der Waals surface area (Å²) < 4.78 is 8.73. The molecule has 0 fully saturated rings. The molecule has 0 saturated heterocycles. The van der Waals surface area contributed by atoms with Gasteiger partial charge in [-0.15, -0.1) is 0 Å². The van der Waals surface area contributed by atoms with Crippen LogP contribution in [0.15, 0.2) is 156 Å². The molecule has 11 aromatic rings. The van der Waals surface area contributed by atoms with Gasteiger partial charge in [0.25, 0.3) is 0 Å². The topological polar surface area (TPSA) is 43.9 Å². The van der Waals surface area contributed by atoms with E-state index in [4.69, 9.17) is 14.4 Å². The Morgan fingerprint density at radius 3 is 1.73 bits per heavy atom. The van der Waals surface area contributed by atoms with Crippen molar-refractivity contribution >= 4 is 87.0 Å². The molecule has 48 heavy (non-hydrogen) atoms. The molecule has 11 rings (SSSR count). The molecule has 0 aliphatic rings. The van der Waals surface area contributed by atoms with E-state index in [-0.39, 0.29) is 0 Å². The zero-order valence-electron chi connectivity index (χ0n) is 25.7. The average molecular weight is 612 g/mol. The summed E-state index contributed by atoms with van der Waals surface area (Å²) in [5.41, 5.74) is 6.66. The molecule has 222 valence electrons. The highest BCUT2D eigenvalue weighted by atomic mass is 16.3. The Morgan fingerprint density at radius 2 is 1.02 bits per heavy atom. The predicted octanol–water partition coefficient (Wildman–Crippen LogP) is 11.8. The smallest absolute Gasteiger partial charge is 0.235 e. The maximum Gasteiger partial charge on any atom is 0.235 e. The van der Waals surface area contributed by atoms with Gasteiger partial charge in [0, 0.05) is 32.5 Å². The van der Waals surface area contributed by atoms with E-state index in [2.05, 4.69) is 150 Å². The van der Waals surface area contributed by atoms with Crippen LogP contribution in [0.3, 0.4) is 0 Å². The Labute approximate surface area is 274 Å². The molecule has 0 unspecified atom stereocenters. The summed E-state index contributed by atoms with van der Waals surface area (Å²) in [7, 11) is 0. The first kappa shape index (κ1) is 25.6. The number of benzene rings is 8. The van der Waals surface area contributed by atoms with Crippen molar-refractivity contribution < 1.29 is 4.42 Å². The standard InChI is InChI=1S/C44H25N3O/c1-3-12-29-23-38-35(21-27(29)10-1)36-22-28-11-2-4-13-30(28)24-39(36)47(38)44-45-37-16-8-7-15-33(37)43(46-44)31-17-19-34-41(25-31)48-40-20-18-26-9-5-6-14-32(26)42(34)40/h1-25H. The largest absolute Gasteiger partial charge is 0.456 e. The van der Waals surface area contributed by atoms with Crippen LogP contribution in [0.1, 0.15) is 0 Å². The molecule has 0 aliphatic heterocycles. The van der Waals surface area contributed by atoms with E-state index in [1.54, 1.807) is 0 Å². The molecule has 0 atom stereocenters. The molecule has 0 aliphatic carbocycles. The van der Waals surface area contributed by atoms with Gasteiger partial charge >= 0.3 is 0 Å². The summed E-state index contributed by atoms with van der Waals surface area (Å²) in [6, 6.07) is 53.7. The van der Waals surface area contributed by atoms with Crippen LogP contribution in [-0.4, -0.2) is 14.5 Å². The lowest BCUT2D eigenvalue weighted by Crippen LogP contribution is -2.03. The van der Waals surface area contributed by atoms with Crippen molar-refractivity contribution in [2.75, 3.05) is 0 Å². The molecule has 8 aromatic carbocycles. The lowest BCUT2D eigenvalue weighted by atomic mass is 10.0. The first-order valence-electron chi connectivity index (χ1n) is 16.2. The van der Waals surface area contributed by atoms with E-state index in [9.17, 15) is 0 Å². The normalized spacial score (nSPS) is 12.2. The Bertz CT molecular complexity index is 3040. The van der Waals surface area contributed by atoms with Crippen LogP contribution in [-0.2, 0) is 0 Å². The summed E-state index contributed by atoms with van der Waals surface area (Å²) in [5.74, 6) is 0.643. The molecule has 0 N–H and O–H groups in total. The van der Waals surface area contributed by atoms with Gasteiger partial charge in [-0.2, -0.15) is 0 Å². The third-order valence-corrected chi connectivity index (χ3v) is 9.93. The maximum absolute atomic E-state index is 6.49. The molecule has 4 heteroatoms. The van der Waals surface area contributed by atoms with Crippen LogP contribution >= 0.6 is 0 Å². The molecule has 0 spiro atoms. The SMILES string of the molecule is c1ccc2cc3c(cc2c1)c1cc2ccccc2cc1n3-c1nc(-c2ccc3c(c2)oc2ccc4ccccc4c23)c2ccccc2n1. The van der Waals surface area contributed by atoms with Gasteiger partial charge in [-0.3, -0.25) is 4.57 Å². The second-order valence-electron chi connectivity index (χ2n) is 12.6. The number of hydrogen-bond acceptors (Lipinski definition) is 3. The second-order valence-corrected chi connectivity index (χ2v) is 12.6. The van der Waals surface area contributed by atoms with E-state index in [0.29, 0.717) is 5.95 Å². The minimum Gasteiger partial charge on any atom is -0.456 e. The van der Waals surface area contributed by atoms with Crippen LogP contribution in [0.2, 0.25) is 0 Å². The first-order valence-corrected chi connectivity index (χ1v) is 16.2. The Hall–Kier alpha value is -6.52. The number of aromatic nitrogens is 3. The van der Waals surface area contributed by atoms with Crippen LogP contribution in [0.4, 0.5) is 0 Å². The molecule has 3 aromatic heterocycles. The average Bonchev–Trinajstić information content (AvgIpc) is 3.67. The van der Waals surface area contributed by atoms with Gasteiger partial charge < -0.3 is 4.42 Å². The van der Waals surface area contributed by atoms with E-state index in [1.807, 2.05) is 6.07 Å². The Kier molecular flexibility index (Phi) is 5.08. The van der Waals surface area contributed by atoms with E-state index in [1.165, 1.54) is 43.1 Å². The van der Waals surface area contributed by atoms with Gasteiger partial charge in [0.2, 0.25) is 5.95 Å². The molecular weight excluding hydrogens is 587 g/mol. The van der Waals surface area contributed by atoms with Gasteiger partial charge in [-0.05, 0) is 80.8 Å². The number of fused-ring (bicyclic) bond motifs is 11. The first-order chi connectivity index (χ1) is 23.8. The van der Waals surface area contributed by atoms with Crippen molar-refractivity contribution in [3.05, 3.63) is 152 Å². The minimum atomic E-state index is 0.643. The summed E-state index contributed by atoms with van der Waals surface area (Å²) >= 11 is 0. The van der Waals surface area contributed by atoms with Crippen molar-refractivity contribution in [1.29, 1.82) is 0 Å².